The number of aromatic nitrogens is 6. The van der Waals surface area contributed by atoms with Crippen molar-refractivity contribution in [1.82, 2.24) is 39.1 Å². The van der Waals surface area contributed by atoms with E-state index in [-0.39, 0.29) is 41.3 Å². The summed E-state index contributed by atoms with van der Waals surface area (Å²) in [5.74, 6) is 1.10. The topological polar surface area (TPSA) is 187 Å². The second-order valence-corrected chi connectivity index (χ2v) is 18.2. The summed E-state index contributed by atoms with van der Waals surface area (Å²) >= 11 is 0. The smallest absolute Gasteiger partial charge is 0.329 e. The van der Waals surface area contributed by atoms with Crippen molar-refractivity contribution in [2.45, 2.75) is 82.7 Å². The Kier molecular flexibility index (Phi) is 13.1. The van der Waals surface area contributed by atoms with Crippen LogP contribution >= 0.6 is 0 Å². The van der Waals surface area contributed by atoms with Crippen LogP contribution in [0.15, 0.2) is 58.2 Å². The van der Waals surface area contributed by atoms with Gasteiger partial charge >= 0.3 is 5.69 Å². The number of hydrogen-bond donors (Lipinski definition) is 3. The van der Waals surface area contributed by atoms with E-state index in [1.54, 1.807) is 34.6 Å². The van der Waals surface area contributed by atoms with Crippen LogP contribution in [-0.2, 0) is 21.4 Å². The molecule has 19 heteroatoms. The molecular formula is C46H57F2N11O6. The van der Waals surface area contributed by atoms with Gasteiger partial charge in [-0.15, -0.1) is 0 Å². The van der Waals surface area contributed by atoms with Gasteiger partial charge in [0.1, 0.15) is 18.1 Å². The maximum Gasteiger partial charge on any atom is 0.329 e. The van der Waals surface area contributed by atoms with Gasteiger partial charge in [-0.05, 0) is 113 Å². The second kappa shape index (κ2) is 19.3. The lowest BCUT2D eigenvalue weighted by molar-refractivity contribution is -0.135. The van der Waals surface area contributed by atoms with E-state index in [4.69, 9.17) is 9.15 Å². The van der Waals surface area contributed by atoms with E-state index < -0.39 is 30.0 Å². The van der Waals surface area contributed by atoms with Crippen LogP contribution in [0, 0.1) is 17.8 Å². The molecule has 2 aliphatic carbocycles. The average molecular weight is 898 g/mol. The Morgan fingerprint density at radius 3 is 2.52 bits per heavy atom. The molecule has 0 bridgehead atoms. The summed E-state index contributed by atoms with van der Waals surface area (Å²) < 4.78 is 44.8. The third-order valence-electron chi connectivity index (χ3n) is 13.5. The number of benzene rings is 1. The summed E-state index contributed by atoms with van der Waals surface area (Å²) in [7, 11) is 3.82. The molecule has 0 radical (unpaired) electrons. The standard InChI is InChI=1S/C46H57F2N11O6/c1-55(19-20-64-26-30-14-17-57(18-15-30)33-9-10-36-38(22-33)56(2)46(63)59(36)37-11-12-40(60)53-44(37)62)24-29-5-7-32(8-6-29)58-25-34(41(54-58)42(47)48)51-43(61)35-27-65-45(52-35)31-13-16-49-39(21-31)50-23-28-3-4-28/h9-10,13,16,21-22,25,27-30,32,37,42H,3-8,11-12,14-15,17-20,23-24,26H2,1-2H3,(H,49,50)(H,51,61)(H,53,60,62). The number of nitrogens with zero attached hydrogens (tertiary/aromatic N) is 8. The first kappa shape index (κ1) is 44.3. The highest BCUT2D eigenvalue weighted by molar-refractivity contribution is 6.03. The van der Waals surface area contributed by atoms with E-state index in [1.807, 2.05) is 18.2 Å². The van der Waals surface area contributed by atoms with Crippen molar-refractivity contribution < 1.29 is 32.3 Å². The number of likely N-dealkylation sites (N-methyl/N-ethyl adjacent to an activating group) is 1. The molecule has 0 spiro atoms. The number of halogens is 2. The molecule has 4 aliphatic rings. The number of oxazole rings is 1. The van der Waals surface area contributed by atoms with E-state index in [2.05, 4.69) is 47.9 Å². The number of piperidine rings is 2. The quantitative estimate of drug-likeness (QED) is 0.0713. The molecule has 3 N–H and O–H groups in total. The molecule has 6 heterocycles. The van der Waals surface area contributed by atoms with Crippen LogP contribution in [0.3, 0.4) is 0 Å². The van der Waals surface area contributed by atoms with E-state index in [0.29, 0.717) is 54.3 Å². The zero-order chi connectivity index (χ0) is 45.2. The van der Waals surface area contributed by atoms with Crippen molar-refractivity contribution in [3.63, 3.8) is 0 Å². The SMILES string of the molecule is CN(CCOCC1CCN(c2ccc3c(c2)n(C)c(=O)n3C2CCC(=O)NC2=O)CC1)CC1CCC(n2cc(NC(=O)c3coc(-c4ccnc(NCC5CC5)c4)n3)c(C(F)F)n2)CC1. The monoisotopic (exact) mass is 897 g/mol. The zero-order valence-corrected chi connectivity index (χ0v) is 36.9. The van der Waals surface area contributed by atoms with Gasteiger partial charge in [-0.1, -0.05) is 0 Å². The number of imide groups is 1. The molecule has 1 atom stereocenters. The molecule has 9 rings (SSSR count). The fraction of sp³-hybridized carbons (Fsp3) is 0.543. The fourth-order valence-corrected chi connectivity index (χ4v) is 9.51. The Morgan fingerprint density at radius 2 is 1.77 bits per heavy atom. The third kappa shape index (κ3) is 10.1. The minimum Gasteiger partial charge on any atom is -0.444 e. The van der Waals surface area contributed by atoms with Crippen LogP contribution < -0.4 is 26.5 Å². The highest BCUT2D eigenvalue weighted by atomic mass is 19.3. The first-order chi connectivity index (χ1) is 31.5. The predicted molar refractivity (Wildman–Crippen MR) is 239 cm³/mol. The molecule has 65 heavy (non-hydrogen) atoms. The van der Waals surface area contributed by atoms with Crippen molar-refractivity contribution in [2.75, 3.05) is 68.5 Å². The van der Waals surface area contributed by atoms with E-state index in [0.717, 1.165) is 82.5 Å². The number of pyridine rings is 1. The van der Waals surface area contributed by atoms with E-state index in [1.165, 1.54) is 29.9 Å². The minimum atomic E-state index is -2.87. The summed E-state index contributed by atoms with van der Waals surface area (Å²) in [6.07, 6.45) is 9.87. The van der Waals surface area contributed by atoms with Crippen LogP contribution in [-0.4, -0.2) is 104 Å². The number of amides is 3. The Hall–Kier alpha value is -5.95. The number of hydrogen-bond acceptors (Lipinski definition) is 12. The first-order valence-electron chi connectivity index (χ1n) is 22.9. The average Bonchev–Trinajstić information content (AvgIpc) is 3.72. The molecule has 17 nitrogen and oxygen atoms in total. The number of nitrogens with one attached hydrogen (secondary N) is 3. The number of imidazole rings is 1. The summed E-state index contributed by atoms with van der Waals surface area (Å²) in [6.45, 7) is 5.66. The van der Waals surface area contributed by atoms with E-state index in [9.17, 15) is 28.0 Å². The third-order valence-corrected chi connectivity index (χ3v) is 13.5. The number of alkyl halides is 2. The molecular weight excluding hydrogens is 841 g/mol. The number of anilines is 3. The zero-order valence-electron chi connectivity index (χ0n) is 36.9. The number of rotatable bonds is 17. The summed E-state index contributed by atoms with van der Waals surface area (Å²) in [6, 6.07) is 8.70. The maximum atomic E-state index is 14.2. The number of ether oxygens (including phenoxy) is 1. The molecule has 2 saturated carbocycles. The van der Waals surface area contributed by atoms with Crippen LogP contribution in [0.5, 0.6) is 0 Å². The van der Waals surface area contributed by atoms with Crippen molar-refractivity contribution >= 4 is 45.9 Å². The lowest BCUT2D eigenvalue weighted by Crippen LogP contribution is -2.44. The molecule has 5 aromatic rings. The Balaban J connectivity index is 0.692. The lowest BCUT2D eigenvalue weighted by Gasteiger charge is -2.34. The van der Waals surface area contributed by atoms with Gasteiger partial charge in [0.15, 0.2) is 11.4 Å². The molecule has 2 saturated heterocycles. The molecule has 4 aromatic heterocycles. The van der Waals surface area contributed by atoms with Crippen LogP contribution in [0.1, 0.15) is 98.9 Å². The van der Waals surface area contributed by atoms with Gasteiger partial charge in [0.05, 0.1) is 29.4 Å². The number of carbonyl (C=O) groups is 3. The lowest BCUT2D eigenvalue weighted by atomic mass is 9.86. The van der Waals surface area contributed by atoms with Gasteiger partial charge in [-0.2, -0.15) is 5.10 Å². The number of aryl methyl sites for hydroxylation is 1. The number of fused-ring (bicyclic) bond motifs is 1. The molecule has 346 valence electrons. The molecule has 1 unspecified atom stereocenters. The molecule has 2 aliphatic heterocycles. The highest BCUT2D eigenvalue weighted by Gasteiger charge is 2.32. The maximum absolute atomic E-state index is 14.2. The Bertz CT molecular complexity index is 2570. The highest BCUT2D eigenvalue weighted by Crippen LogP contribution is 2.36. The van der Waals surface area contributed by atoms with Crippen LogP contribution in [0.25, 0.3) is 22.5 Å². The van der Waals surface area contributed by atoms with E-state index >= 15 is 0 Å². The molecule has 3 amide bonds. The van der Waals surface area contributed by atoms with Gasteiger partial charge in [-0.3, -0.25) is 33.5 Å². The van der Waals surface area contributed by atoms with Crippen molar-refractivity contribution in [3.8, 4) is 11.5 Å². The Morgan fingerprint density at radius 1 is 0.985 bits per heavy atom. The van der Waals surface area contributed by atoms with Gasteiger partial charge in [0, 0.05) is 76.4 Å². The summed E-state index contributed by atoms with van der Waals surface area (Å²) in [5.41, 5.74) is 2.30. The minimum absolute atomic E-state index is 0.0291. The fourth-order valence-electron chi connectivity index (χ4n) is 9.51. The van der Waals surface area contributed by atoms with Gasteiger partial charge in [-0.25, -0.2) is 23.5 Å². The predicted octanol–water partition coefficient (Wildman–Crippen LogP) is 6.17. The number of carbonyl (C=O) groups excluding carboxylic acids is 3. The van der Waals surface area contributed by atoms with Crippen LogP contribution in [0.4, 0.5) is 26.0 Å². The second-order valence-electron chi connectivity index (χ2n) is 18.2. The largest absolute Gasteiger partial charge is 0.444 e. The summed E-state index contributed by atoms with van der Waals surface area (Å²) in [5, 5.41) is 12.5. The first-order valence-corrected chi connectivity index (χ1v) is 22.9. The summed E-state index contributed by atoms with van der Waals surface area (Å²) in [4.78, 5) is 63.9. The normalized spacial score (nSPS) is 20.8. The Labute approximate surface area is 374 Å². The van der Waals surface area contributed by atoms with Crippen molar-refractivity contribution in [3.05, 3.63) is 70.9 Å². The van der Waals surface area contributed by atoms with Crippen LogP contribution in [0.2, 0.25) is 0 Å². The van der Waals surface area contributed by atoms with Gasteiger partial charge < -0.3 is 29.6 Å². The van der Waals surface area contributed by atoms with Gasteiger partial charge in [0.2, 0.25) is 17.7 Å². The van der Waals surface area contributed by atoms with Crippen molar-refractivity contribution in [1.29, 1.82) is 0 Å². The van der Waals surface area contributed by atoms with Gasteiger partial charge in [0.25, 0.3) is 12.3 Å². The molecule has 4 fully saturated rings. The molecule has 1 aromatic carbocycles. The van der Waals surface area contributed by atoms with Crippen molar-refractivity contribution in [2.24, 2.45) is 24.8 Å².